The highest BCUT2D eigenvalue weighted by atomic mass is 35.5. The first-order chi connectivity index (χ1) is 12.4. The average molecular weight is 376 g/mol. The third-order valence-electron chi connectivity index (χ3n) is 4.01. The molecule has 7 heteroatoms. The number of rotatable bonds is 5. The first-order valence-electron chi connectivity index (χ1n) is 8.16. The minimum Gasteiger partial charge on any atom is -0.352 e. The zero-order valence-corrected chi connectivity index (χ0v) is 15.3. The molecule has 0 saturated heterocycles. The van der Waals surface area contributed by atoms with Crippen LogP contribution in [0.3, 0.4) is 0 Å². The smallest absolute Gasteiger partial charge is 0.225 e. The van der Waals surface area contributed by atoms with Gasteiger partial charge in [0.05, 0.1) is 11.4 Å². The molecule has 1 aliphatic heterocycles. The number of aliphatic imine (C=N–C) groups is 1. The maximum absolute atomic E-state index is 13.6. The fourth-order valence-electron chi connectivity index (χ4n) is 2.79. The van der Waals surface area contributed by atoms with Crippen molar-refractivity contribution in [1.82, 2.24) is 10.4 Å². The average Bonchev–Trinajstić information content (AvgIpc) is 2.88. The summed E-state index contributed by atoms with van der Waals surface area (Å²) in [5.74, 6) is -0.0804. The Balaban J connectivity index is 1.68. The van der Waals surface area contributed by atoms with Gasteiger partial charge in [-0.1, -0.05) is 41.9 Å². The van der Waals surface area contributed by atoms with Gasteiger partial charge in [0.1, 0.15) is 5.82 Å². The summed E-state index contributed by atoms with van der Waals surface area (Å²) >= 11 is 6.22. The number of halogens is 2. The zero-order chi connectivity index (χ0) is 18.7. The van der Waals surface area contributed by atoms with E-state index in [0.29, 0.717) is 16.4 Å². The minimum absolute atomic E-state index is 0.000253. The second-order valence-corrected chi connectivity index (χ2v) is 6.63. The van der Waals surface area contributed by atoms with Crippen LogP contribution in [-0.4, -0.2) is 29.6 Å². The SMILES string of the molecule is CN1OC(C)(CC(=O)NCc2ccccc2F)N=C1c1ccccc1Cl. The summed E-state index contributed by atoms with van der Waals surface area (Å²) in [5.41, 5.74) is 0.102. The molecule has 2 aromatic carbocycles. The Kier molecular flexibility index (Phi) is 5.25. The molecular weight excluding hydrogens is 357 g/mol. The fraction of sp³-hybridized carbons (Fsp3) is 0.263. The van der Waals surface area contributed by atoms with Crippen LogP contribution in [0.2, 0.25) is 5.02 Å². The Morgan fingerprint density at radius 3 is 2.69 bits per heavy atom. The molecule has 0 bridgehead atoms. The van der Waals surface area contributed by atoms with E-state index in [-0.39, 0.29) is 24.7 Å². The van der Waals surface area contributed by atoms with Crippen molar-refractivity contribution in [2.45, 2.75) is 25.6 Å². The van der Waals surface area contributed by atoms with Gasteiger partial charge in [0.2, 0.25) is 5.91 Å². The maximum atomic E-state index is 13.6. The van der Waals surface area contributed by atoms with Gasteiger partial charge in [-0.3, -0.25) is 4.79 Å². The number of hydroxylamine groups is 2. The largest absolute Gasteiger partial charge is 0.352 e. The molecule has 1 aliphatic rings. The first kappa shape index (κ1) is 18.4. The highest BCUT2D eigenvalue weighted by Gasteiger charge is 2.38. The zero-order valence-electron chi connectivity index (χ0n) is 14.5. The lowest BCUT2D eigenvalue weighted by molar-refractivity contribution is -0.166. The fourth-order valence-corrected chi connectivity index (χ4v) is 3.01. The van der Waals surface area contributed by atoms with E-state index in [1.54, 1.807) is 38.2 Å². The summed E-state index contributed by atoms with van der Waals surface area (Å²) in [5, 5.41) is 4.76. The van der Waals surface area contributed by atoms with E-state index in [1.807, 2.05) is 18.2 Å². The number of hydrogen-bond donors (Lipinski definition) is 1. The number of hydrogen-bond acceptors (Lipinski definition) is 4. The Morgan fingerprint density at radius 2 is 1.96 bits per heavy atom. The quantitative estimate of drug-likeness (QED) is 0.869. The van der Waals surface area contributed by atoms with Crippen molar-refractivity contribution in [2.75, 3.05) is 7.05 Å². The van der Waals surface area contributed by atoms with Gasteiger partial charge >= 0.3 is 0 Å². The number of amidine groups is 1. The van der Waals surface area contributed by atoms with Crippen molar-refractivity contribution < 1.29 is 14.0 Å². The third-order valence-corrected chi connectivity index (χ3v) is 4.34. The molecule has 1 unspecified atom stereocenters. The number of carbonyl (C=O) groups excluding carboxylic acids is 1. The lowest BCUT2D eigenvalue weighted by atomic mass is 10.1. The lowest BCUT2D eigenvalue weighted by Gasteiger charge is -2.21. The maximum Gasteiger partial charge on any atom is 0.225 e. The molecule has 0 aromatic heterocycles. The summed E-state index contributed by atoms with van der Waals surface area (Å²) in [6, 6.07) is 13.6. The van der Waals surface area contributed by atoms with Crippen LogP contribution in [0.1, 0.15) is 24.5 Å². The van der Waals surface area contributed by atoms with E-state index in [9.17, 15) is 9.18 Å². The summed E-state index contributed by atoms with van der Waals surface area (Å²) < 4.78 is 13.6. The Bertz CT molecular complexity index is 858. The summed E-state index contributed by atoms with van der Waals surface area (Å²) in [4.78, 5) is 22.6. The Labute approximate surface area is 156 Å². The van der Waals surface area contributed by atoms with Crippen molar-refractivity contribution in [1.29, 1.82) is 0 Å². The molecule has 1 atom stereocenters. The van der Waals surface area contributed by atoms with E-state index in [0.717, 1.165) is 5.56 Å². The van der Waals surface area contributed by atoms with Crippen LogP contribution < -0.4 is 5.32 Å². The molecule has 0 saturated carbocycles. The third kappa shape index (κ3) is 4.03. The van der Waals surface area contributed by atoms with Crippen molar-refractivity contribution in [3.8, 4) is 0 Å². The van der Waals surface area contributed by atoms with Gasteiger partial charge in [0.15, 0.2) is 11.6 Å². The molecular formula is C19H19ClFN3O2. The van der Waals surface area contributed by atoms with Gasteiger partial charge in [0.25, 0.3) is 0 Å². The van der Waals surface area contributed by atoms with Crippen LogP contribution >= 0.6 is 11.6 Å². The van der Waals surface area contributed by atoms with Crippen molar-refractivity contribution in [3.05, 3.63) is 70.5 Å². The number of carbonyl (C=O) groups is 1. The minimum atomic E-state index is -1.05. The molecule has 1 amide bonds. The van der Waals surface area contributed by atoms with Gasteiger partial charge in [0, 0.05) is 24.7 Å². The Hall–Kier alpha value is -2.44. The van der Waals surface area contributed by atoms with Gasteiger partial charge in [-0.25, -0.2) is 19.3 Å². The van der Waals surface area contributed by atoms with Gasteiger partial charge < -0.3 is 5.32 Å². The number of amides is 1. The van der Waals surface area contributed by atoms with Gasteiger partial charge in [-0.15, -0.1) is 0 Å². The standard InChI is InChI=1S/C19H19ClFN3O2/c1-19(11-17(25)22-12-13-7-3-6-10-16(13)21)23-18(24(2)26-19)14-8-4-5-9-15(14)20/h3-10H,11-12H2,1-2H3,(H,22,25). The molecule has 0 spiro atoms. The van der Waals surface area contributed by atoms with Crippen molar-refractivity contribution >= 4 is 23.3 Å². The molecule has 1 N–H and O–H groups in total. The molecule has 136 valence electrons. The van der Waals surface area contributed by atoms with E-state index in [2.05, 4.69) is 10.3 Å². The summed E-state index contributed by atoms with van der Waals surface area (Å²) in [6.07, 6.45) is -0.000253. The van der Waals surface area contributed by atoms with Crippen LogP contribution in [-0.2, 0) is 16.2 Å². The predicted octanol–water partition coefficient (Wildman–Crippen LogP) is 3.53. The Morgan fingerprint density at radius 1 is 1.27 bits per heavy atom. The molecule has 0 aliphatic carbocycles. The molecule has 26 heavy (non-hydrogen) atoms. The van der Waals surface area contributed by atoms with Crippen LogP contribution in [0.25, 0.3) is 0 Å². The van der Waals surface area contributed by atoms with Crippen molar-refractivity contribution in [2.24, 2.45) is 4.99 Å². The van der Waals surface area contributed by atoms with Crippen LogP contribution in [0, 0.1) is 5.82 Å². The topological polar surface area (TPSA) is 53.9 Å². The first-order valence-corrected chi connectivity index (χ1v) is 8.53. The van der Waals surface area contributed by atoms with E-state index < -0.39 is 5.72 Å². The molecule has 2 aromatic rings. The number of nitrogens with one attached hydrogen (secondary N) is 1. The van der Waals surface area contributed by atoms with Crippen molar-refractivity contribution in [3.63, 3.8) is 0 Å². The van der Waals surface area contributed by atoms with Gasteiger partial charge in [-0.05, 0) is 25.1 Å². The normalized spacial score (nSPS) is 19.4. The molecule has 0 radical (unpaired) electrons. The number of benzene rings is 2. The molecule has 5 nitrogen and oxygen atoms in total. The number of nitrogens with zero attached hydrogens (tertiary/aromatic N) is 2. The van der Waals surface area contributed by atoms with Crippen LogP contribution in [0.5, 0.6) is 0 Å². The lowest BCUT2D eigenvalue weighted by Crippen LogP contribution is -2.35. The second-order valence-electron chi connectivity index (χ2n) is 6.22. The summed E-state index contributed by atoms with van der Waals surface area (Å²) in [6.45, 7) is 1.83. The highest BCUT2D eigenvalue weighted by molar-refractivity contribution is 6.34. The molecule has 0 fully saturated rings. The van der Waals surface area contributed by atoms with E-state index in [4.69, 9.17) is 16.4 Å². The molecule has 1 heterocycles. The van der Waals surface area contributed by atoms with Crippen LogP contribution in [0.15, 0.2) is 53.5 Å². The predicted molar refractivity (Wildman–Crippen MR) is 98.1 cm³/mol. The van der Waals surface area contributed by atoms with Crippen LogP contribution in [0.4, 0.5) is 4.39 Å². The van der Waals surface area contributed by atoms with Gasteiger partial charge in [-0.2, -0.15) is 0 Å². The van der Waals surface area contributed by atoms with E-state index >= 15 is 0 Å². The highest BCUT2D eigenvalue weighted by Crippen LogP contribution is 2.30. The monoisotopic (exact) mass is 375 g/mol. The second kappa shape index (κ2) is 7.43. The molecule has 3 rings (SSSR count). The van der Waals surface area contributed by atoms with E-state index in [1.165, 1.54) is 11.1 Å². The summed E-state index contributed by atoms with van der Waals surface area (Å²) in [7, 11) is 1.71.